The fourth-order valence-electron chi connectivity index (χ4n) is 7.40. The van der Waals surface area contributed by atoms with Gasteiger partial charge in [-0.15, -0.1) is 0 Å². The van der Waals surface area contributed by atoms with Crippen LogP contribution in [-0.4, -0.2) is 59.8 Å². The Morgan fingerprint density at radius 3 is 2.47 bits per heavy atom. The first-order valence-electron chi connectivity index (χ1n) is 17.6. The number of alkyl carbamates (subject to hydrolysis) is 1. The summed E-state index contributed by atoms with van der Waals surface area (Å²) in [7, 11) is 1.72. The van der Waals surface area contributed by atoms with Gasteiger partial charge in [0, 0.05) is 43.1 Å². The lowest BCUT2D eigenvalue weighted by Crippen LogP contribution is -2.42. The summed E-state index contributed by atoms with van der Waals surface area (Å²) >= 11 is 0. The number of benzene rings is 2. The Morgan fingerprint density at radius 1 is 0.979 bits per heavy atom. The van der Waals surface area contributed by atoms with Crippen molar-refractivity contribution in [3.8, 4) is 16.9 Å². The number of aromatic nitrogens is 2. The summed E-state index contributed by atoms with van der Waals surface area (Å²) in [6.45, 7) is 3.23. The Balaban J connectivity index is 1.14. The first-order valence-corrected chi connectivity index (χ1v) is 17.6. The highest BCUT2D eigenvalue weighted by molar-refractivity contribution is 5.95. The lowest BCUT2D eigenvalue weighted by Gasteiger charge is -2.36. The second-order valence-corrected chi connectivity index (χ2v) is 13.8. The molecule has 3 aliphatic rings. The highest BCUT2D eigenvalue weighted by atomic mass is 16.6. The van der Waals surface area contributed by atoms with E-state index in [2.05, 4.69) is 75.6 Å². The zero-order valence-electron chi connectivity index (χ0n) is 27.9. The number of anilines is 1. The van der Waals surface area contributed by atoms with Gasteiger partial charge in [0.1, 0.15) is 11.9 Å². The molecule has 0 aliphatic heterocycles. The smallest absolute Gasteiger partial charge is 0.407 e. The van der Waals surface area contributed by atoms with Crippen molar-refractivity contribution in [2.75, 3.05) is 31.7 Å². The summed E-state index contributed by atoms with van der Waals surface area (Å²) in [4.78, 5) is 28.6. The predicted molar refractivity (Wildman–Crippen MR) is 183 cm³/mol. The zero-order chi connectivity index (χ0) is 32.8. The highest BCUT2D eigenvalue weighted by Crippen LogP contribution is 2.40. The minimum atomic E-state index is -0.447. The number of methoxy groups -OCH3 is 1. The summed E-state index contributed by atoms with van der Waals surface area (Å²) in [6.07, 6.45) is 13.4. The van der Waals surface area contributed by atoms with E-state index in [0.29, 0.717) is 63.1 Å². The molecule has 2 amide bonds. The number of hydrogen-bond acceptors (Lipinski definition) is 6. The normalized spacial score (nSPS) is 22.8. The molecule has 0 unspecified atom stereocenters. The molecule has 9 nitrogen and oxygen atoms in total. The maximum Gasteiger partial charge on any atom is 0.407 e. The van der Waals surface area contributed by atoms with Gasteiger partial charge in [-0.2, -0.15) is 5.10 Å². The summed E-state index contributed by atoms with van der Waals surface area (Å²) in [5, 5.41) is 16.3. The molecule has 6 rings (SSSR count). The van der Waals surface area contributed by atoms with E-state index in [-0.39, 0.29) is 24.5 Å². The van der Waals surface area contributed by atoms with Crippen LogP contribution in [0.1, 0.15) is 93.7 Å². The molecule has 3 aliphatic carbocycles. The minimum Gasteiger partial charge on any atom is -0.496 e. The summed E-state index contributed by atoms with van der Waals surface area (Å²) in [6, 6.07) is 15.5. The van der Waals surface area contributed by atoms with Crippen molar-refractivity contribution < 1.29 is 24.2 Å². The molecule has 47 heavy (non-hydrogen) atoms. The van der Waals surface area contributed by atoms with Crippen LogP contribution in [0.2, 0.25) is 0 Å². The van der Waals surface area contributed by atoms with Crippen LogP contribution in [-0.2, 0) is 9.53 Å². The largest absolute Gasteiger partial charge is 0.496 e. The van der Waals surface area contributed by atoms with Crippen LogP contribution in [0.15, 0.2) is 54.9 Å². The first-order chi connectivity index (χ1) is 22.9. The molecular weight excluding hydrogens is 592 g/mol. The molecule has 9 heteroatoms. The summed E-state index contributed by atoms with van der Waals surface area (Å²) < 4.78 is 13.2. The molecule has 0 bridgehead atoms. The Labute approximate surface area is 278 Å². The molecule has 0 radical (unpaired) electrons. The summed E-state index contributed by atoms with van der Waals surface area (Å²) in [5.41, 5.74) is 5.66. The highest BCUT2D eigenvalue weighted by Gasteiger charge is 2.34. The fraction of sp³-hybridized carbons (Fsp3) is 0.553. The van der Waals surface area contributed by atoms with Crippen LogP contribution in [0.4, 0.5) is 10.5 Å². The van der Waals surface area contributed by atoms with Gasteiger partial charge in [0.15, 0.2) is 0 Å². The molecule has 1 heterocycles. The number of hydrogen-bond donors (Lipinski definition) is 2. The second-order valence-electron chi connectivity index (χ2n) is 13.8. The maximum absolute atomic E-state index is 14.4. The standard InChI is InChI=1S/C38H50N4O5/c1-26-21-31(13-18-36(26)46-2)28-9-7-27(8-10-28)24-41(34-6-3-5-30(22-34)32-23-40-42(25-32)33-14-15-33)37(44)29-11-16-35(17-12-29)47-38(45)39-19-4-20-43/h3,5-6,13,18,21-23,25,27-29,33,35,43H,4,7-12,14-17,19-20,24H2,1-2H3,(H,39,45). The Kier molecular flexibility index (Phi) is 10.8. The van der Waals surface area contributed by atoms with Crippen LogP contribution < -0.4 is 15.0 Å². The van der Waals surface area contributed by atoms with Crippen molar-refractivity contribution in [2.45, 2.75) is 95.6 Å². The Hall–Kier alpha value is -3.85. The van der Waals surface area contributed by atoms with Crippen LogP contribution in [0.3, 0.4) is 0 Å². The van der Waals surface area contributed by atoms with E-state index < -0.39 is 6.09 Å². The van der Waals surface area contributed by atoms with Gasteiger partial charge < -0.3 is 24.8 Å². The average Bonchev–Trinajstić information content (AvgIpc) is 3.83. The predicted octanol–water partition coefficient (Wildman–Crippen LogP) is 7.18. The van der Waals surface area contributed by atoms with Crippen LogP contribution in [0.25, 0.3) is 11.1 Å². The van der Waals surface area contributed by atoms with E-state index in [1.54, 1.807) is 7.11 Å². The van der Waals surface area contributed by atoms with E-state index in [1.807, 2.05) is 6.20 Å². The van der Waals surface area contributed by atoms with E-state index >= 15 is 0 Å². The van der Waals surface area contributed by atoms with Crippen LogP contribution in [0.5, 0.6) is 5.75 Å². The van der Waals surface area contributed by atoms with Gasteiger partial charge in [0.25, 0.3) is 0 Å². The third-order valence-corrected chi connectivity index (χ3v) is 10.4. The molecular formula is C38H50N4O5. The van der Waals surface area contributed by atoms with Crippen molar-refractivity contribution in [1.82, 2.24) is 15.1 Å². The molecule has 2 aromatic carbocycles. The monoisotopic (exact) mass is 642 g/mol. The lowest BCUT2D eigenvalue weighted by molar-refractivity contribution is -0.124. The van der Waals surface area contributed by atoms with Gasteiger partial charge in [0.05, 0.1) is 19.3 Å². The van der Waals surface area contributed by atoms with Crippen molar-refractivity contribution in [3.63, 3.8) is 0 Å². The van der Waals surface area contributed by atoms with Gasteiger partial charge in [-0.05, 0) is 124 Å². The minimum absolute atomic E-state index is 0.0286. The number of carbonyl (C=O) groups excluding carboxylic acids is 2. The number of rotatable bonds is 12. The van der Waals surface area contributed by atoms with Crippen molar-refractivity contribution in [1.29, 1.82) is 0 Å². The molecule has 0 spiro atoms. The third-order valence-electron chi connectivity index (χ3n) is 10.4. The quantitative estimate of drug-likeness (QED) is 0.203. The topological polar surface area (TPSA) is 106 Å². The lowest BCUT2D eigenvalue weighted by atomic mass is 9.78. The van der Waals surface area contributed by atoms with Crippen molar-refractivity contribution >= 4 is 17.7 Å². The molecule has 0 saturated heterocycles. The number of nitrogens with one attached hydrogen (secondary N) is 1. The number of amides is 2. The molecule has 3 saturated carbocycles. The van der Waals surface area contributed by atoms with Gasteiger partial charge >= 0.3 is 6.09 Å². The fourth-order valence-corrected chi connectivity index (χ4v) is 7.40. The van der Waals surface area contributed by atoms with E-state index in [0.717, 1.165) is 48.2 Å². The summed E-state index contributed by atoms with van der Waals surface area (Å²) in [5.74, 6) is 1.96. The van der Waals surface area contributed by atoms with Crippen LogP contribution in [0, 0.1) is 18.8 Å². The van der Waals surface area contributed by atoms with Crippen LogP contribution >= 0.6 is 0 Å². The first kappa shape index (κ1) is 33.1. The maximum atomic E-state index is 14.4. The Bertz CT molecular complexity index is 1500. The molecule has 3 fully saturated rings. The zero-order valence-corrected chi connectivity index (χ0v) is 27.9. The van der Waals surface area contributed by atoms with E-state index in [4.69, 9.17) is 14.6 Å². The molecule has 1 aromatic heterocycles. The van der Waals surface area contributed by atoms with E-state index in [1.165, 1.54) is 24.0 Å². The SMILES string of the molecule is COc1ccc(C2CCC(CN(C(=O)C3CCC(OC(=O)NCCCO)CC3)c3cccc(-c4cnn(C5CC5)c4)c3)CC2)cc1C. The van der Waals surface area contributed by atoms with Gasteiger partial charge in [0.2, 0.25) is 5.91 Å². The number of aryl methyl sites for hydroxylation is 1. The molecule has 2 N–H and O–H groups in total. The number of nitrogens with zero attached hydrogens (tertiary/aromatic N) is 3. The number of aliphatic hydroxyl groups excluding tert-OH is 1. The van der Waals surface area contributed by atoms with Crippen molar-refractivity contribution in [2.24, 2.45) is 11.8 Å². The van der Waals surface area contributed by atoms with Gasteiger partial charge in [-0.1, -0.05) is 24.3 Å². The third kappa shape index (κ3) is 8.36. The second kappa shape index (κ2) is 15.4. The van der Waals surface area contributed by atoms with E-state index in [9.17, 15) is 9.59 Å². The molecule has 252 valence electrons. The number of aliphatic hydroxyl groups is 1. The molecule has 3 aromatic rings. The van der Waals surface area contributed by atoms with Gasteiger partial charge in [-0.3, -0.25) is 9.48 Å². The number of carbonyl (C=O) groups is 2. The molecule has 0 atom stereocenters. The van der Waals surface area contributed by atoms with Gasteiger partial charge in [-0.25, -0.2) is 4.79 Å². The average molecular weight is 643 g/mol. The number of ether oxygens (including phenoxy) is 2. The Morgan fingerprint density at radius 2 is 1.77 bits per heavy atom. The van der Waals surface area contributed by atoms with Crippen molar-refractivity contribution in [3.05, 3.63) is 66.0 Å².